The number of carbonyl (C=O) groups excluding carboxylic acids is 3. The molecule has 1 aromatic carbocycles. The van der Waals surface area contributed by atoms with Crippen LogP contribution in [0.4, 0.5) is 5.69 Å². The first-order chi connectivity index (χ1) is 15.6. The Morgan fingerprint density at radius 2 is 1.56 bits per heavy atom. The lowest BCUT2D eigenvalue weighted by Gasteiger charge is -2.34. The quantitative estimate of drug-likeness (QED) is 0.694. The molecule has 4 rings (SSSR count). The van der Waals surface area contributed by atoms with Crippen molar-refractivity contribution in [2.75, 3.05) is 38.1 Å². The molecule has 3 heterocycles. The van der Waals surface area contributed by atoms with Crippen LogP contribution in [-0.4, -0.2) is 60.7 Å². The van der Waals surface area contributed by atoms with Crippen LogP contribution in [0.15, 0.2) is 41.8 Å². The fourth-order valence-corrected chi connectivity index (χ4v) is 5.37. The average molecular weight is 454 g/mol. The van der Waals surface area contributed by atoms with Gasteiger partial charge in [0, 0.05) is 39.1 Å². The Morgan fingerprint density at radius 3 is 2.22 bits per heavy atom. The molecule has 0 N–H and O–H groups in total. The van der Waals surface area contributed by atoms with Crippen molar-refractivity contribution in [1.29, 1.82) is 0 Å². The summed E-state index contributed by atoms with van der Waals surface area (Å²) in [7, 11) is 1.71. The highest BCUT2D eigenvalue weighted by molar-refractivity contribution is 7.12. The topological polar surface area (TPSA) is 60.9 Å². The maximum absolute atomic E-state index is 13.4. The maximum Gasteiger partial charge on any atom is 0.268 e. The molecular weight excluding hydrogens is 422 g/mol. The fourth-order valence-electron chi connectivity index (χ4n) is 4.67. The number of rotatable bonds is 4. The number of anilines is 1. The van der Waals surface area contributed by atoms with E-state index in [1.807, 2.05) is 39.4 Å². The second-order valence-corrected chi connectivity index (χ2v) is 9.61. The zero-order chi connectivity index (χ0) is 22.5. The molecule has 32 heavy (non-hydrogen) atoms. The molecular formula is C25H31N3O3S. The van der Waals surface area contributed by atoms with E-state index < -0.39 is 0 Å². The van der Waals surface area contributed by atoms with E-state index in [0.717, 1.165) is 25.9 Å². The van der Waals surface area contributed by atoms with E-state index in [2.05, 4.69) is 0 Å². The summed E-state index contributed by atoms with van der Waals surface area (Å²) in [5.41, 5.74) is 1.14. The third-order valence-electron chi connectivity index (χ3n) is 6.58. The third kappa shape index (κ3) is 4.88. The van der Waals surface area contributed by atoms with Crippen LogP contribution in [0.25, 0.3) is 0 Å². The summed E-state index contributed by atoms with van der Waals surface area (Å²) in [4.78, 5) is 45.2. The van der Waals surface area contributed by atoms with Crippen LogP contribution in [0.5, 0.6) is 0 Å². The molecule has 0 saturated carbocycles. The molecule has 170 valence electrons. The molecule has 0 spiro atoms. The van der Waals surface area contributed by atoms with Gasteiger partial charge in [-0.1, -0.05) is 31.0 Å². The number of hydrogen-bond acceptors (Lipinski definition) is 4. The summed E-state index contributed by atoms with van der Waals surface area (Å²) < 4.78 is 0. The molecule has 0 bridgehead atoms. The van der Waals surface area contributed by atoms with E-state index in [9.17, 15) is 14.4 Å². The zero-order valence-corrected chi connectivity index (χ0v) is 19.5. The predicted molar refractivity (Wildman–Crippen MR) is 127 cm³/mol. The van der Waals surface area contributed by atoms with Gasteiger partial charge < -0.3 is 14.7 Å². The van der Waals surface area contributed by atoms with Crippen molar-refractivity contribution in [3.8, 4) is 0 Å². The van der Waals surface area contributed by atoms with Crippen molar-refractivity contribution in [2.45, 2.75) is 38.5 Å². The van der Waals surface area contributed by atoms with Crippen molar-refractivity contribution < 1.29 is 14.4 Å². The van der Waals surface area contributed by atoms with Gasteiger partial charge in [0.25, 0.3) is 11.8 Å². The molecule has 6 nitrogen and oxygen atoms in total. The molecule has 2 aromatic rings. The van der Waals surface area contributed by atoms with Crippen molar-refractivity contribution in [3.63, 3.8) is 0 Å². The van der Waals surface area contributed by atoms with Gasteiger partial charge in [0.1, 0.15) is 0 Å². The normalized spacial score (nSPS) is 17.7. The van der Waals surface area contributed by atoms with E-state index in [4.69, 9.17) is 0 Å². The molecule has 2 aliphatic rings. The van der Waals surface area contributed by atoms with Gasteiger partial charge in [0.2, 0.25) is 5.91 Å². The first-order valence-corrected chi connectivity index (χ1v) is 12.4. The standard InChI is InChI=1S/C25H31N3O3S/c1-26(25(31)22-11-8-18-32-22)21-10-5-4-9-20(21)24(30)28-16-12-19(13-17-28)23(29)27-14-6-2-3-7-15-27/h4-5,8-11,18-19H,2-3,6-7,12-17H2,1H3. The zero-order valence-electron chi connectivity index (χ0n) is 18.7. The van der Waals surface area contributed by atoms with Crippen molar-refractivity contribution in [2.24, 2.45) is 5.92 Å². The van der Waals surface area contributed by atoms with Crippen LogP contribution < -0.4 is 4.90 Å². The fraction of sp³-hybridized carbons (Fsp3) is 0.480. The maximum atomic E-state index is 13.4. The molecule has 3 amide bonds. The number of hydrogen-bond donors (Lipinski definition) is 0. The van der Waals surface area contributed by atoms with Crippen LogP contribution in [0.1, 0.15) is 58.6 Å². The number of nitrogens with zero attached hydrogens (tertiary/aromatic N) is 3. The minimum absolute atomic E-state index is 0.00970. The highest BCUT2D eigenvalue weighted by Gasteiger charge is 2.32. The first-order valence-electron chi connectivity index (χ1n) is 11.5. The number of carbonyl (C=O) groups is 3. The molecule has 0 aliphatic carbocycles. The molecule has 2 aliphatic heterocycles. The summed E-state index contributed by atoms with van der Waals surface area (Å²) in [5.74, 6) is 0.0743. The summed E-state index contributed by atoms with van der Waals surface area (Å²) >= 11 is 1.39. The predicted octanol–water partition coefficient (Wildman–Crippen LogP) is 4.28. The Morgan fingerprint density at radius 1 is 0.875 bits per heavy atom. The van der Waals surface area contributed by atoms with Gasteiger partial charge >= 0.3 is 0 Å². The Bertz CT molecular complexity index is 943. The second kappa shape index (κ2) is 10.3. The lowest BCUT2D eigenvalue weighted by molar-refractivity contribution is -0.136. The van der Waals surface area contributed by atoms with Crippen molar-refractivity contribution >= 4 is 34.7 Å². The number of piperidine rings is 1. The van der Waals surface area contributed by atoms with Gasteiger partial charge in [-0.2, -0.15) is 0 Å². The summed E-state index contributed by atoms with van der Waals surface area (Å²) in [6.07, 6.45) is 6.01. The average Bonchev–Trinajstić information content (AvgIpc) is 3.25. The SMILES string of the molecule is CN(C(=O)c1cccs1)c1ccccc1C(=O)N1CCC(C(=O)N2CCCCCC2)CC1. The van der Waals surface area contributed by atoms with Crippen LogP contribution in [0.2, 0.25) is 0 Å². The van der Waals surface area contributed by atoms with E-state index in [-0.39, 0.29) is 23.6 Å². The van der Waals surface area contributed by atoms with Crippen molar-refractivity contribution in [3.05, 3.63) is 52.2 Å². The smallest absolute Gasteiger partial charge is 0.268 e. The second-order valence-electron chi connectivity index (χ2n) is 8.66. The van der Waals surface area contributed by atoms with Crippen LogP contribution in [-0.2, 0) is 4.79 Å². The highest BCUT2D eigenvalue weighted by atomic mass is 32.1. The van der Waals surface area contributed by atoms with E-state index in [1.54, 1.807) is 24.1 Å². The minimum Gasteiger partial charge on any atom is -0.342 e. The Labute approximate surface area is 193 Å². The lowest BCUT2D eigenvalue weighted by atomic mass is 9.94. The monoisotopic (exact) mass is 453 g/mol. The number of benzene rings is 1. The minimum atomic E-state index is -0.123. The first kappa shape index (κ1) is 22.5. The molecule has 1 aromatic heterocycles. The van der Waals surface area contributed by atoms with E-state index in [1.165, 1.54) is 24.2 Å². The largest absolute Gasteiger partial charge is 0.342 e. The van der Waals surface area contributed by atoms with Gasteiger partial charge in [0.05, 0.1) is 16.1 Å². The Kier molecular flexibility index (Phi) is 7.25. The molecule has 2 saturated heterocycles. The summed E-state index contributed by atoms with van der Waals surface area (Å²) in [6.45, 7) is 2.88. The summed E-state index contributed by atoms with van der Waals surface area (Å²) in [6, 6.07) is 10.9. The van der Waals surface area contributed by atoms with Crippen LogP contribution in [0, 0.1) is 5.92 Å². The molecule has 0 radical (unpaired) electrons. The number of thiophene rings is 1. The Hall–Kier alpha value is -2.67. The molecule has 7 heteroatoms. The van der Waals surface area contributed by atoms with Gasteiger partial charge in [-0.05, 0) is 49.3 Å². The summed E-state index contributed by atoms with van der Waals surface area (Å²) in [5, 5.41) is 1.87. The van der Waals surface area contributed by atoms with Gasteiger partial charge in [-0.3, -0.25) is 14.4 Å². The van der Waals surface area contributed by atoms with E-state index >= 15 is 0 Å². The van der Waals surface area contributed by atoms with Crippen molar-refractivity contribution in [1.82, 2.24) is 9.80 Å². The number of likely N-dealkylation sites (tertiary alicyclic amines) is 2. The van der Waals surface area contributed by atoms with Gasteiger partial charge in [-0.15, -0.1) is 11.3 Å². The third-order valence-corrected chi connectivity index (χ3v) is 7.44. The number of para-hydroxylation sites is 1. The molecule has 2 fully saturated rings. The van der Waals surface area contributed by atoms with Crippen LogP contribution >= 0.6 is 11.3 Å². The molecule has 0 atom stereocenters. The molecule has 0 unspecified atom stereocenters. The Balaban J connectivity index is 1.41. The van der Waals surface area contributed by atoms with Crippen LogP contribution in [0.3, 0.4) is 0 Å². The lowest BCUT2D eigenvalue weighted by Crippen LogP contribution is -2.45. The van der Waals surface area contributed by atoms with Gasteiger partial charge in [0.15, 0.2) is 0 Å². The van der Waals surface area contributed by atoms with E-state index in [0.29, 0.717) is 42.1 Å². The van der Waals surface area contributed by atoms with Gasteiger partial charge in [-0.25, -0.2) is 0 Å². The highest BCUT2D eigenvalue weighted by Crippen LogP contribution is 2.27. The number of amides is 3.